The summed E-state index contributed by atoms with van der Waals surface area (Å²) < 4.78 is 0. The second kappa shape index (κ2) is 2.69. The van der Waals surface area contributed by atoms with Gasteiger partial charge in [-0.2, -0.15) is 5.53 Å². The summed E-state index contributed by atoms with van der Waals surface area (Å²) in [6.45, 7) is 0.505. The molecule has 1 aliphatic heterocycles. The van der Waals surface area contributed by atoms with Crippen LogP contribution in [0.4, 0.5) is 5.69 Å². The van der Waals surface area contributed by atoms with Crippen molar-refractivity contribution in [3.05, 3.63) is 24.3 Å². The van der Waals surface area contributed by atoms with Crippen LogP contribution in [-0.4, -0.2) is 11.8 Å². The minimum Gasteiger partial charge on any atom is -0.508 e. The number of aromatic hydroxyl groups is 1. The summed E-state index contributed by atoms with van der Waals surface area (Å²) in [5, 5.41) is 18.1. The topological polar surface area (TPSA) is 60.2 Å². The maximum atomic E-state index is 9.01. The molecule has 0 amide bonds. The summed E-state index contributed by atoms with van der Waals surface area (Å²) >= 11 is 0. The number of phenolic OH excluding ortho intramolecular Hbond substituents is 1. The van der Waals surface area contributed by atoms with Crippen LogP contribution in [0.25, 0.3) is 0 Å². The van der Waals surface area contributed by atoms with Gasteiger partial charge in [0.1, 0.15) is 5.75 Å². The number of hydrogen-bond acceptors (Lipinski definition) is 5. The molecule has 1 heterocycles. The minimum absolute atomic E-state index is 0.256. The number of nitrogens with one attached hydrogen (secondary N) is 1. The van der Waals surface area contributed by atoms with Gasteiger partial charge >= 0.3 is 0 Å². The second-order valence-corrected chi connectivity index (χ2v) is 2.43. The molecule has 5 nitrogen and oxygen atoms in total. The number of benzene rings is 1. The number of hydrazine groups is 1. The van der Waals surface area contributed by atoms with Crippen molar-refractivity contribution in [3.63, 3.8) is 0 Å². The lowest BCUT2D eigenvalue weighted by atomic mass is 10.3. The van der Waals surface area contributed by atoms with Crippen LogP contribution in [-0.2, 0) is 0 Å². The molecule has 5 heteroatoms. The quantitative estimate of drug-likeness (QED) is 0.652. The Morgan fingerprint density at radius 2 is 2.08 bits per heavy atom. The third-order valence-corrected chi connectivity index (χ3v) is 1.60. The van der Waals surface area contributed by atoms with Crippen LogP contribution in [0.15, 0.2) is 34.6 Å². The first-order valence-electron chi connectivity index (χ1n) is 3.55. The summed E-state index contributed by atoms with van der Waals surface area (Å²) in [4.78, 5) is 0. The van der Waals surface area contributed by atoms with Crippen molar-refractivity contribution >= 4 is 5.69 Å². The summed E-state index contributed by atoms with van der Waals surface area (Å²) in [7, 11) is 0. The van der Waals surface area contributed by atoms with Gasteiger partial charge in [0.05, 0.1) is 5.69 Å². The molecule has 2 N–H and O–H groups in total. The van der Waals surface area contributed by atoms with Crippen LogP contribution in [0.1, 0.15) is 0 Å². The highest BCUT2D eigenvalue weighted by atomic mass is 16.3. The average Bonchev–Trinajstić information content (AvgIpc) is 2.58. The van der Waals surface area contributed by atoms with E-state index in [4.69, 9.17) is 5.11 Å². The first-order chi connectivity index (χ1) is 5.86. The number of nitrogens with zero attached hydrogens (tertiary/aromatic N) is 3. The molecule has 2 rings (SSSR count). The molecule has 1 aliphatic rings. The maximum absolute atomic E-state index is 9.01. The Morgan fingerprint density at radius 3 is 2.67 bits per heavy atom. The standard InChI is InChI=1S/C7H8N4O/c12-7-3-1-6(2-4-7)11-5-8-9-10-11/h1-4,12H,5H2,(H,8,10). The molecule has 12 heavy (non-hydrogen) atoms. The molecule has 0 aromatic heterocycles. The summed E-state index contributed by atoms with van der Waals surface area (Å²) in [5.41, 5.74) is 3.63. The normalized spacial score (nSPS) is 14.8. The van der Waals surface area contributed by atoms with Gasteiger partial charge in [0.25, 0.3) is 0 Å². The van der Waals surface area contributed by atoms with Crippen LogP contribution >= 0.6 is 0 Å². The van der Waals surface area contributed by atoms with Crippen molar-refractivity contribution in [2.45, 2.75) is 0 Å². The van der Waals surface area contributed by atoms with Gasteiger partial charge in [-0.1, -0.05) is 5.22 Å². The van der Waals surface area contributed by atoms with Gasteiger partial charge in [-0.15, -0.1) is 5.11 Å². The predicted octanol–water partition coefficient (Wildman–Crippen LogP) is 1.04. The van der Waals surface area contributed by atoms with Crippen molar-refractivity contribution in [1.82, 2.24) is 5.53 Å². The smallest absolute Gasteiger partial charge is 0.154 e. The fourth-order valence-corrected chi connectivity index (χ4v) is 0.984. The molecule has 0 bridgehead atoms. The average molecular weight is 164 g/mol. The van der Waals surface area contributed by atoms with Gasteiger partial charge in [0.2, 0.25) is 0 Å². The SMILES string of the molecule is Oc1ccc(N2CN=NN2)cc1. The van der Waals surface area contributed by atoms with Crippen molar-refractivity contribution in [2.24, 2.45) is 10.3 Å². The van der Waals surface area contributed by atoms with Crippen molar-refractivity contribution in [1.29, 1.82) is 0 Å². The highest BCUT2D eigenvalue weighted by Crippen LogP contribution is 2.17. The van der Waals surface area contributed by atoms with E-state index in [2.05, 4.69) is 15.9 Å². The van der Waals surface area contributed by atoms with Crippen LogP contribution in [0.2, 0.25) is 0 Å². The van der Waals surface area contributed by atoms with E-state index in [1.54, 1.807) is 29.3 Å². The first-order valence-corrected chi connectivity index (χ1v) is 3.55. The largest absolute Gasteiger partial charge is 0.508 e. The number of anilines is 1. The molecule has 0 spiro atoms. The Bertz CT molecular complexity index is 287. The van der Waals surface area contributed by atoms with E-state index in [0.29, 0.717) is 6.67 Å². The number of phenols is 1. The van der Waals surface area contributed by atoms with E-state index >= 15 is 0 Å². The third kappa shape index (κ3) is 1.16. The minimum atomic E-state index is 0.256. The van der Waals surface area contributed by atoms with Gasteiger partial charge in [-0.25, -0.2) is 5.01 Å². The Hall–Kier alpha value is -1.78. The van der Waals surface area contributed by atoms with Gasteiger partial charge < -0.3 is 5.11 Å². The highest BCUT2D eigenvalue weighted by Gasteiger charge is 2.07. The molecule has 0 radical (unpaired) electrons. The van der Waals surface area contributed by atoms with E-state index < -0.39 is 0 Å². The summed E-state index contributed by atoms with van der Waals surface area (Å²) in [5.74, 6) is 0.256. The van der Waals surface area contributed by atoms with Gasteiger partial charge in [-0.05, 0) is 24.3 Å². The zero-order valence-electron chi connectivity index (χ0n) is 6.31. The fraction of sp³-hybridized carbons (Fsp3) is 0.143. The van der Waals surface area contributed by atoms with Gasteiger partial charge in [-0.3, -0.25) is 0 Å². The monoisotopic (exact) mass is 164 g/mol. The lowest BCUT2D eigenvalue weighted by Crippen LogP contribution is -2.29. The van der Waals surface area contributed by atoms with E-state index in [-0.39, 0.29) is 5.75 Å². The van der Waals surface area contributed by atoms with Crippen LogP contribution < -0.4 is 10.5 Å². The lowest BCUT2D eigenvalue weighted by molar-refractivity contribution is 0.475. The fourth-order valence-electron chi connectivity index (χ4n) is 0.984. The zero-order valence-corrected chi connectivity index (χ0v) is 6.31. The van der Waals surface area contributed by atoms with E-state index in [9.17, 15) is 0 Å². The van der Waals surface area contributed by atoms with Gasteiger partial charge in [0, 0.05) is 0 Å². The maximum Gasteiger partial charge on any atom is 0.154 e. The zero-order chi connectivity index (χ0) is 8.39. The first kappa shape index (κ1) is 6.90. The molecular weight excluding hydrogens is 156 g/mol. The van der Waals surface area contributed by atoms with E-state index in [0.717, 1.165) is 5.69 Å². The Labute approximate surface area is 69.3 Å². The molecule has 0 saturated heterocycles. The van der Waals surface area contributed by atoms with Gasteiger partial charge in [0.15, 0.2) is 6.67 Å². The molecule has 1 aromatic rings. The second-order valence-electron chi connectivity index (χ2n) is 2.43. The summed E-state index contributed by atoms with van der Waals surface area (Å²) in [6, 6.07) is 6.82. The highest BCUT2D eigenvalue weighted by molar-refractivity contribution is 5.47. The molecule has 1 aromatic carbocycles. The molecule has 0 atom stereocenters. The van der Waals surface area contributed by atoms with E-state index in [1.165, 1.54) is 0 Å². The number of rotatable bonds is 1. The van der Waals surface area contributed by atoms with Crippen molar-refractivity contribution in [2.75, 3.05) is 11.7 Å². The third-order valence-electron chi connectivity index (χ3n) is 1.60. The lowest BCUT2D eigenvalue weighted by Gasteiger charge is -2.14. The van der Waals surface area contributed by atoms with E-state index in [1.807, 2.05) is 0 Å². The molecule has 62 valence electrons. The molecule has 0 fully saturated rings. The number of hydrogen-bond donors (Lipinski definition) is 2. The van der Waals surface area contributed by atoms with Crippen molar-refractivity contribution in [3.8, 4) is 5.75 Å². The molecule has 0 saturated carbocycles. The van der Waals surface area contributed by atoms with Crippen molar-refractivity contribution < 1.29 is 5.11 Å². The predicted molar refractivity (Wildman–Crippen MR) is 43.4 cm³/mol. The van der Waals surface area contributed by atoms with Crippen LogP contribution in [0, 0.1) is 0 Å². The molecule has 0 aliphatic carbocycles. The molecular formula is C7H8N4O. The Balaban J connectivity index is 2.18. The Morgan fingerprint density at radius 1 is 1.33 bits per heavy atom. The Kier molecular flexibility index (Phi) is 1.55. The van der Waals surface area contributed by atoms with Crippen LogP contribution in [0.3, 0.4) is 0 Å². The van der Waals surface area contributed by atoms with Crippen LogP contribution in [0.5, 0.6) is 5.75 Å². The summed E-state index contributed by atoms with van der Waals surface area (Å²) in [6.07, 6.45) is 0. The molecule has 0 unspecified atom stereocenters.